The van der Waals surface area contributed by atoms with Crippen LogP contribution in [0.2, 0.25) is 0 Å². The standard InChI is InChI=1S/C29H33N7O3S/c37-40(38,36-16-18-39-19-17-36)25-9-7-24(8-10-25)33-29-32-21-23-4-3-5-26(28(23)34-29)22-6-11-27(31-20-22)30-12-15-35-13-1-2-14-35/h3-11,20-21H,1-2,12-19H2,(H,30,31)(H,32,33,34). The highest BCUT2D eigenvalue weighted by atomic mass is 32.2. The van der Waals surface area contributed by atoms with Crippen LogP contribution in [0.15, 0.2) is 71.9 Å². The van der Waals surface area contributed by atoms with Gasteiger partial charge >= 0.3 is 0 Å². The number of nitrogens with zero attached hydrogens (tertiary/aromatic N) is 5. The lowest BCUT2D eigenvalue weighted by Gasteiger charge is -2.26. The van der Waals surface area contributed by atoms with Crippen LogP contribution < -0.4 is 10.6 Å². The van der Waals surface area contributed by atoms with Gasteiger partial charge in [0.2, 0.25) is 16.0 Å². The van der Waals surface area contributed by atoms with E-state index in [-0.39, 0.29) is 4.90 Å². The first kappa shape index (κ1) is 26.6. The van der Waals surface area contributed by atoms with Crippen LogP contribution in [-0.2, 0) is 14.8 Å². The lowest BCUT2D eigenvalue weighted by Crippen LogP contribution is -2.40. The summed E-state index contributed by atoms with van der Waals surface area (Å²) in [5.41, 5.74) is 3.44. The van der Waals surface area contributed by atoms with Crippen molar-refractivity contribution in [3.63, 3.8) is 0 Å². The van der Waals surface area contributed by atoms with Gasteiger partial charge in [-0.05, 0) is 62.3 Å². The molecule has 0 spiro atoms. The van der Waals surface area contributed by atoms with Crippen molar-refractivity contribution in [2.75, 3.05) is 63.1 Å². The Hall–Kier alpha value is -3.64. The molecule has 2 saturated heterocycles. The molecule has 2 fully saturated rings. The number of pyridine rings is 1. The number of hydrogen-bond donors (Lipinski definition) is 2. The van der Waals surface area contributed by atoms with E-state index in [9.17, 15) is 8.42 Å². The lowest BCUT2D eigenvalue weighted by atomic mass is 10.0. The Bertz CT molecular complexity index is 1550. The van der Waals surface area contributed by atoms with Crippen LogP contribution in [0.3, 0.4) is 0 Å². The second-order valence-corrected chi connectivity index (χ2v) is 11.9. The Morgan fingerprint density at radius 2 is 1.68 bits per heavy atom. The number of anilines is 3. The van der Waals surface area contributed by atoms with Gasteiger partial charge in [0.25, 0.3) is 0 Å². The monoisotopic (exact) mass is 559 g/mol. The van der Waals surface area contributed by atoms with Gasteiger partial charge in [-0.3, -0.25) is 0 Å². The molecule has 0 radical (unpaired) electrons. The normalized spacial score (nSPS) is 16.8. The smallest absolute Gasteiger partial charge is 0.243 e. The lowest BCUT2D eigenvalue weighted by molar-refractivity contribution is 0.0730. The summed E-state index contributed by atoms with van der Waals surface area (Å²) in [6.45, 7) is 5.85. The van der Waals surface area contributed by atoms with Gasteiger partial charge < -0.3 is 20.3 Å². The van der Waals surface area contributed by atoms with Gasteiger partial charge in [-0.15, -0.1) is 0 Å². The number of nitrogens with one attached hydrogen (secondary N) is 2. The molecule has 0 unspecified atom stereocenters. The molecule has 208 valence electrons. The maximum atomic E-state index is 12.9. The van der Waals surface area contributed by atoms with E-state index in [1.54, 1.807) is 30.5 Å². The summed E-state index contributed by atoms with van der Waals surface area (Å²) in [6.07, 6.45) is 6.25. The Morgan fingerprint density at radius 1 is 0.875 bits per heavy atom. The van der Waals surface area contributed by atoms with Crippen molar-refractivity contribution in [3.05, 3.63) is 67.0 Å². The number of benzene rings is 2. The summed E-state index contributed by atoms with van der Waals surface area (Å²) < 4.78 is 32.6. The van der Waals surface area contributed by atoms with Crippen LogP contribution in [0.25, 0.3) is 22.0 Å². The van der Waals surface area contributed by atoms with E-state index in [4.69, 9.17) is 9.72 Å². The maximum absolute atomic E-state index is 12.9. The molecule has 0 amide bonds. The highest BCUT2D eigenvalue weighted by molar-refractivity contribution is 7.89. The largest absolute Gasteiger partial charge is 0.379 e. The molecule has 4 heterocycles. The number of fused-ring (bicyclic) bond motifs is 1. The van der Waals surface area contributed by atoms with Crippen LogP contribution in [0.1, 0.15) is 12.8 Å². The average Bonchev–Trinajstić information content (AvgIpc) is 3.52. The summed E-state index contributed by atoms with van der Waals surface area (Å²) in [5.74, 6) is 1.29. The molecule has 0 saturated carbocycles. The molecule has 4 aromatic rings. The third-order valence-corrected chi connectivity index (χ3v) is 9.25. The van der Waals surface area contributed by atoms with Crippen molar-refractivity contribution in [1.82, 2.24) is 24.2 Å². The molecule has 2 aromatic carbocycles. The summed E-state index contributed by atoms with van der Waals surface area (Å²) in [5, 5.41) is 7.55. The van der Waals surface area contributed by atoms with Crippen LogP contribution in [0.5, 0.6) is 0 Å². The summed E-state index contributed by atoms with van der Waals surface area (Å²) in [7, 11) is -3.55. The minimum absolute atomic E-state index is 0.253. The fraction of sp³-hybridized carbons (Fsp3) is 0.345. The Kier molecular flexibility index (Phi) is 7.87. The number of aromatic nitrogens is 3. The van der Waals surface area contributed by atoms with E-state index >= 15 is 0 Å². The average molecular weight is 560 g/mol. The summed E-state index contributed by atoms with van der Waals surface area (Å²) in [4.78, 5) is 16.6. The summed E-state index contributed by atoms with van der Waals surface area (Å²) in [6, 6.07) is 16.7. The molecule has 0 atom stereocenters. The minimum Gasteiger partial charge on any atom is -0.379 e. The minimum atomic E-state index is -3.55. The fourth-order valence-corrected chi connectivity index (χ4v) is 6.54. The number of sulfonamides is 1. The SMILES string of the molecule is O=S(=O)(c1ccc(Nc2ncc3cccc(-c4ccc(NCCN5CCCC5)nc4)c3n2)cc1)N1CCOCC1. The fourth-order valence-electron chi connectivity index (χ4n) is 5.13. The number of hydrogen-bond acceptors (Lipinski definition) is 9. The first-order valence-electron chi connectivity index (χ1n) is 13.7. The Labute approximate surface area is 234 Å². The van der Waals surface area contributed by atoms with Crippen molar-refractivity contribution in [2.45, 2.75) is 17.7 Å². The van der Waals surface area contributed by atoms with Crippen molar-refractivity contribution in [2.24, 2.45) is 0 Å². The third kappa shape index (κ3) is 5.92. The van der Waals surface area contributed by atoms with E-state index in [1.165, 1.54) is 30.2 Å². The van der Waals surface area contributed by atoms with E-state index in [1.807, 2.05) is 30.5 Å². The van der Waals surface area contributed by atoms with Crippen LogP contribution >= 0.6 is 0 Å². The zero-order valence-electron chi connectivity index (χ0n) is 22.3. The topological polar surface area (TPSA) is 113 Å². The summed E-state index contributed by atoms with van der Waals surface area (Å²) >= 11 is 0. The molecule has 0 aliphatic carbocycles. The predicted octanol–water partition coefficient (Wildman–Crippen LogP) is 3.96. The molecule has 40 heavy (non-hydrogen) atoms. The van der Waals surface area contributed by atoms with Gasteiger partial charge in [0.05, 0.1) is 23.6 Å². The molecular formula is C29H33N7O3S. The second kappa shape index (κ2) is 11.8. The van der Waals surface area contributed by atoms with Gasteiger partial charge in [-0.1, -0.05) is 18.2 Å². The molecule has 0 bridgehead atoms. The Morgan fingerprint density at radius 3 is 2.42 bits per heavy atom. The molecular weight excluding hydrogens is 526 g/mol. The third-order valence-electron chi connectivity index (χ3n) is 7.34. The van der Waals surface area contributed by atoms with Gasteiger partial charge in [0, 0.05) is 60.8 Å². The van der Waals surface area contributed by atoms with E-state index in [0.717, 1.165) is 40.9 Å². The number of ether oxygens (including phenoxy) is 1. The zero-order valence-corrected chi connectivity index (χ0v) is 23.1. The second-order valence-electron chi connectivity index (χ2n) is 10.0. The number of para-hydroxylation sites is 1. The molecule has 10 nitrogen and oxygen atoms in total. The molecule has 2 aliphatic heterocycles. The van der Waals surface area contributed by atoms with Crippen LogP contribution in [0.4, 0.5) is 17.5 Å². The first-order chi connectivity index (χ1) is 19.6. The quantitative estimate of drug-likeness (QED) is 0.315. The molecule has 11 heteroatoms. The van der Waals surface area contributed by atoms with Crippen molar-refractivity contribution in [1.29, 1.82) is 0 Å². The molecule has 6 rings (SSSR count). The number of rotatable bonds is 9. The van der Waals surface area contributed by atoms with Gasteiger partial charge in [0.15, 0.2) is 0 Å². The highest BCUT2D eigenvalue weighted by Gasteiger charge is 2.26. The van der Waals surface area contributed by atoms with Gasteiger partial charge in [-0.25, -0.2) is 23.4 Å². The number of likely N-dealkylation sites (tertiary alicyclic amines) is 1. The highest BCUT2D eigenvalue weighted by Crippen LogP contribution is 2.29. The van der Waals surface area contributed by atoms with Crippen LogP contribution in [0, 0.1) is 0 Å². The van der Waals surface area contributed by atoms with Gasteiger partial charge in [0.1, 0.15) is 5.82 Å². The molecule has 2 aromatic heterocycles. The van der Waals surface area contributed by atoms with Crippen LogP contribution in [-0.4, -0.2) is 85.1 Å². The van der Waals surface area contributed by atoms with E-state index in [2.05, 4.69) is 31.6 Å². The van der Waals surface area contributed by atoms with Crippen molar-refractivity contribution < 1.29 is 13.2 Å². The van der Waals surface area contributed by atoms with Crippen molar-refractivity contribution >= 4 is 38.4 Å². The van der Waals surface area contributed by atoms with Crippen molar-refractivity contribution in [3.8, 4) is 11.1 Å². The zero-order chi connectivity index (χ0) is 27.4. The van der Waals surface area contributed by atoms with Gasteiger partial charge in [-0.2, -0.15) is 4.31 Å². The molecule has 2 N–H and O–H groups in total. The maximum Gasteiger partial charge on any atom is 0.243 e. The first-order valence-corrected chi connectivity index (χ1v) is 15.1. The number of morpholine rings is 1. The predicted molar refractivity (Wildman–Crippen MR) is 156 cm³/mol. The van der Waals surface area contributed by atoms with E-state index < -0.39 is 10.0 Å². The Balaban J connectivity index is 1.16. The van der Waals surface area contributed by atoms with E-state index in [0.29, 0.717) is 37.9 Å². The molecule has 2 aliphatic rings.